The second kappa shape index (κ2) is 60.4. The molecule has 1 unspecified atom stereocenters. The lowest BCUT2D eigenvalue weighted by Gasteiger charge is -2.18. The van der Waals surface area contributed by atoms with E-state index in [4.69, 9.17) is 14.2 Å². The molecule has 0 rings (SSSR count). The first kappa shape index (κ1) is 68.8. The molecule has 0 aliphatic rings. The van der Waals surface area contributed by atoms with E-state index in [1.807, 2.05) is 0 Å². The minimum Gasteiger partial charge on any atom is -0.462 e. The molecule has 0 heterocycles. The number of unbranched alkanes of at least 4 members (excludes halogenated alkanes) is 33. The molecule has 6 nitrogen and oxygen atoms in total. The Bertz CT molecular complexity index is 1340. The van der Waals surface area contributed by atoms with E-state index in [9.17, 15) is 14.4 Å². The van der Waals surface area contributed by atoms with Crippen LogP contribution in [0.25, 0.3) is 0 Å². The fourth-order valence-electron chi connectivity index (χ4n) is 8.78. The Morgan fingerprint density at radius 1 is 0.292 bits per heavy atom. The molecule has 0 bridgehead atoms. The highest BCUT2D eigenvalue weighted by Crippen LogP contribution is 2.16. The summed E-state index contributed by atoms with van der Waals surface area (Å²) >= 11 is 0. The van der Waals surface area contributed by atoms with Crippen molar-refractivity contribution in [1.29, 1.82) is 0 Å². The highest BCUT2D eigenvalue weighted by molar-refractivity contribution is 5.71. The summed E-state index contributed by atoms with van der Waals surface area (Å²) in [4.78, 5) is 38.2. The number of allylic oxidation sites excluding steroid dienone is 12. The summed E-state index contributed by atoms with van der Waals surface area (Å²) < 4.78 is 16.9. The second-order valence-electron chi connectivity index (χ2n) is 20.6. The summed E-state index contributed by atoms with van der Waals surface area (Å²) in [6, 6.07) is 0. The molecule has 0 fully saturated rings. The van der Waals surface area contributed by atoms with E-state index >= 15 is 0 Å². The maximum atomic E-state index is 12.8. The van der Waals surface area contributed by atoms with E-state index in [0.29, 0.717) is 19.3 Å². The molecule has 0 aliphatic heterocycles. The lowest BCUT2D eigenvalue weighted by molar-refractivity contribution is -0.167. The van der Waals surface area contributed by atoms with Gasteiger partial charge in [-0.05, 0) is 109 Å². The molecule has 416 valence electrons. The van der Waals surface area contributed by atoms with Gasteiger partial charge in [0, 0.05) is 19.3 Å². The minimum atomic E-state index is -0.787. The number of hydrogen-bond donors (Lipinski definition) is 0. The van der Waals surface area contributed by atoms with Gasteiger partial charge in [0.15, 0.2) is 6.10 Å². The molecule has 0 N–H and O–H groups in total. The van der Waals surface area contributed by atoms with Crippen molar-refractivity contribution < 1.29 is 28.6 Å². The summed E-state index contributed by atoms with van der Waals surface area (Å²) in [6.45, 7) is 6.50. The predicted molar refractivity (Wildman–Crippen MR) is 311 cm³/mol. The zero-order valence-corrected chi connectivity index (χ0v) is 47.7. The highest BCUT2D eigenvalue weighted by Gasteiger charge is 2.19. The van der Waals surface area contributed by atoms with Crippen molar-refractivity contribution in [2.24, 2.45) is 0 Å². The second-order valence-corrected chi connectivity index (χ2v) is 20.6. The van der Waals surface area contributed by atoms with Gasteiger partial charge in [-0.2, -0.15) is 0 Å². The van der Waals surface area contributed by atoms with Crippen molar-refractivity contribution in [2.75, 3.05) is 13.2 Å². The van der Waals surface area contributed by atoms with Gasteiger partial charge in [-0.15, -0.1) is 0 Å². The van der Waals surface area contributed by atoms with Gasteiger partial charge < -0.3 is 14.2 Å². The van der Waals surface area contributed by atoms with E-state index in [2.05, 4.69) is 93.7 Å². The molecule has 6 heteroatoms. The molecular formula is C66H116O6. The van der Waals surface area contributed by atoms with Gasteiger partial charge in [-0.1, -0.05) is 254 Å². The van der Waals surface area contributed by atoms with Crippen molar-refractivity contribution in [2.45, 2.75) is 316 Å². The fourth-order valence-corrected chi connectivity index (χ4v) is 8.78. The van der Waals surface area contributed by atoms with Gasteiger partial charge in [0.2, 0.25) is 0 Å². The van der Waals surface area contributed by atoms with Crippen molar-refractivity contribution >= 4 is 17.9 Å². The van der Waals surface area contributed by atoms with E-state index in [-0.39, 0.29) is 31.1 Å². The van der Waals surface area contributed by atoms with Crippen molar-refractivity contribution in [3.05, 3.63) is 72.9 Å². The van der Waals surface area contributed by atoms with Gasteiger partial charge in [0.25, 0.3) is 0 Å². The minimum absolute atomic E-state index is 0.0836. The molecule has 0 aromatic carbocycles. The van der Waals surface area contributed by atoms with Crippen LogP contribution in [0.5, 0.6) is 0 Å². The van der Waals surface area contributed by atoms with E-state index in [1.54, 1.807) is 0 Å². The summed E-state index contributed by atoms with van der Waals surface area (Å²) in [7, 11) is 0. The quantitative estimate of drug-likeness (QED) is 0.0261. The topological polar surface area (TPSA) is 78.9 Å². The van der Waals surface area contributed by atoms with Crippen LogP contribution in [0.2, 0.25) is 0 Å². The third-order valence-corrected chi connectivity index (χ3v) is 13.4. The summed E-state index contributed by atoms with van der Waals surface area (Å²) in [5.74, 6) is -0.900. The Kier molecular flexibility index (Phi) is 57.8. The SMILES string of the molecule is CC/C=C\C/C=C\C/C=C\CCCCCCCC(=O)OC(COC(=O)CCCCCCC/C=C\CCCCC)COC(=O)CCCCCCCCCCCCCCCCC/C=C\C/C=C\CCCCCCC. The maximum absolute atomic E-state index is 12.8. The largest absolute Gasteiger partial charge is 0.462 e. The lowest BCUT2D eigenvalue weighted by Crippen LogP contribution is -2.30. The molecule has 1 atom stereocenters. The van der Waals surface area contributed by atoms with Crippen LogP contribution < -0.4 is 0 Å². The third kappa shape index (κ3) is 57.7. The van der Waals surface area contributed by atoms with E-state index in [1.165, 1.54) is 161 Å². The molecule has 0 saturated heterocycles. The average molecular weight is 1010 g/mol. The Labute approximate surface area is 446 Å². The Hall–Kier alpha value is -3.15. The number of rotatable bonds is 56. The zero-order valence-electron chi connectivity index (χ0n) is 47.7. The maximum Gasteiger partial charge on any atom is 0.306 e. The average Bonchev–Trinajstić information content (AvgIpc) is 3.38. The zero-order chi connectivity index (χ0) is 52.2. The standard InChI is InChI=1S/C66H116O6/c1-4-7-10-13-16-19-22-25-27-28-29-30-31-32-33-34-35-36-37-38-40-41-44-47-50-53-56-59-65(68)71-62-63(61-70-64(67)58-55-52-49-46-43-24-21-18-15-12-9-6-3)72-66(69)60-57-54-51-48-45-42-39-26-23-20-17-14-11-8-5-2/h8,11,17-18,20-22,25-26,28-29,39,63H,4-7,9-10,12-16,19,23-24,27,30-38,40-62H2,1-3H3/b11-8-,20-17-,21-18-,25-22-,29-28-,39-26-. The van der Waals surface area contributed by atoms with Gasteiger partial charge in [-0.25, -0.2) is 0 Å². The Morgan fingerprint density at radius 3 is 0.889 bits per heavy atom. The summed E-state index contributed by atoms with van der Waals surface area (Å²) in [6.07, 6.45) is 77.7. The van der Waals surface area contributed by atoms with Crippen LogP contribution in [0, 0.1) is 0 Å². The van der Waals surface area contributed by atoms with Crippen LogP contribution in [-0.4, -0.2) is 37.2 Å². The molecule has 72 heavy (non-hydrogen) atoms. The van der Waals surface area contributed by atoms with Crippen molar-refractivity contribution in [1.82, 2.24) is 0 Å². The first-order valence-electron chi connectivity index (χ1n) is 30.9. The molecule has 0 aromatic rings. The first-order valence-corrected chi connectivity index (χ1v) is 30.9. The van der Waals surface area contributed by atoms with Gasteiger partial charge in [0.05, 0.1) is 0 Å². The number of hydrogen-bond acceptors (Lipinski definition) is 6. The van der Waals surface area contributed by atoms with Crippen LogP contribution in [-0.2, 0) is 28.6 Å². The highest BCUT2D eigenvalue weighted by atomic mass is 16.6. The number of esters is 3. The number of carbonyl (C=O) groups excluding carboxylic acids is 3. The third-order valence-electron chi connectivity index (χ3n) is 13.4. The van der Waals surface area contributed by atoms with Crippen molar-refractivity contribution in [3.63, 3.8) is 0 Å². The van der Waals surface area contributed by atoms with Crippen LogP contribution in [0.3, 0.4) is 0 Å². The fraction of sp³-hybridized carbons (Fsp3) is 0.773. The monoisotopic (exact) mass is 1000 g/mol. The molecule has 0 amide bonds. The van der Waals surface area contributed by atoms with E-state index < -0.39 is 6.10 Å². The summed E-state index contributed by atoms with van der Waals surface area (Å²) in [5.41, 5.74) is 0. The molecule has 0 radical (unpaired) electrons. The lowest BCUT2D eigenvalue weighted by atomic mass is 10.0. The first-order chi connectivity index (χ1) is 35.5. The normalized spacial score (nSPS) is 12.5. The van der Waals surface area contributed by atoms with Gasteiger partial charge in [-0.3, -0.25) is 14.4 Å². The Balaban J connectivity index is 4.23. The van der Waals surface area contributed by atoms with Crippen LogP contribution in [0.1, 0.15) is 310 Å². The number of carbonyl (C=O) groups is 3. The van der Waals surface area contributed by atoms with Gasteiger partial charge >= 0.3 is 17.9 Å². The van der Waals surface area contributed by atoms with Crippen LogP contribution in [0.15, 0.2) is 72.9 Å². The Morgan fingerprint density at radius 2 is 0.542 bits per heavy atom. The predicted octanol–water partition coefficient (Wildman–Crippen LogP) is 20.9. The molecular weight excluding hydrogens is 889 g/mol. The van der Waals surface area contributed by atoms with Crippen molar-refractivity contribution in [3.8, 4) is 0 Å². The van der Waals surface area contributed by atoms with Crippen LogP contribution in [0.4, 0.5) is 0 Å². The van der Waals surface area contributed by atoms with E-state index in [0.717, 1.165) is 109 Å². The summed E-state index contributed by atoms with van der Waals surface area (Å²) in [5, 5.41) is 0. The molecule has 0 aliphatic carbocycles. The van der Waals surface area contributed by atoms with Crippen LogP contribution >= 0.6 is 0 Å². The van der Waals surface area contributed by atoms with Gasteiger partial charge in [0.1, 0.15) is 13.2 Å². The molecule has 0 aromatic heterocycles. The molecule has 0 saturated carbocycles. The number of ether oxygens (including phenoxy) is 3. The smallest absolute Gasteiger partial charge is 0.306 e. The molecule has 0 spiro atoms.